The molecule has 6 heteroatoms. The van der Waals surface area contributed by atoms with E-state index in [0.717, 1.165) is 56.9 Å². The molecule has 0 aromatic heterocycles. The summed E-state index contributed by atoms with van der Waals surface area (Å²) in [6.45, 7) is 6.49. The molecule has 4 fully saturated rings. The largest absolute Gasteiger partial charge is 0.419 e. The third-order valence-corrected chi connectivity index (χ3v) is 8.69. The van der Waals surface area contributed by atoms with Crippen LogP contribution in [0.1, 0.15) is 64.7 Å². The van der Waals surface area contributed by atoms with E-state index in [-0.39, 0.29) is 18.5 Å². The predicted molar refractivity (Wildman–Crippen MR) is 115 cm³/mol. The molecule has 2 N–H and O–H groups in total. The zero-order chi connectivity index (χ0) is 22.4. The second kappa shape index (κ2) is 8.35. The Morgan fingerprint density at radius 2 is 1.87 bits per heavy atom. The van der Waals surface area contributed by atoms with Crippen molar-refractivity contribution in [2.45, 2.75) is 82.6 Å². The van der Waals surface area contributed by atoms with Crippen LogP contribution in [0.4, 0.5) is 13.2 Å². The number of fused-ring (bicyclic) bond motifs is 1. The monoisotopic (exact) mass is 439 g/mol. The maximum Gasteiger partial charge on any atom is 0.419 e. The molecule has 1 saturated heterocycles. The Kier molecular flexibility index (Phi) is 6.21. The summed E-state index contributed by atoms with van der Waals surface area (Å²) in [5, 5.41) is 19.8. The van der Waals surface area contributed by atoms with Gasteiger partial charge in [0.2, 0.25) is 0 Å². The Labute approximate surface area is 183 Å². The van der Waals surface area contributed by atoms with Crippen LogP contribution >= 0.6 is 0 Å². The average molecular weight is 440 g/mol. The summed E-state index contributed by atoms with van der Waals surface area (Å²) >= 11 is 0. The molecule has 174 valence electrons. The van der Waals surface area contributed by atoms with E-state index in [1.807, 2.05) is 0 Å². The van der Waals surface area contributed by atoms with Crippen molar-refractivity contribution in [3.05, 3.63) is 35.5 Å². The van der Waals surface area contributed by atoms with Gasteiger partial charge in [-0.1, -0.05) is 31.2 Å². The van der Waals surface area contributed by atoms with Crippen LogP contribution in [0.5, 0.6) is 0 Å². The number of likely N-dealkylation sites (tertiary alicyclic amines) is 1. The van der Waals surface area contributed by atoms with Crippen LogP contribution in [-0.4, -0.2) is 52.6 Å². The summed E-state index contributed by atoms with van der Waals surface area (Å²) in [4.78, 5) is 1.74. The van der Waals surface area contributed by atoms with Crippen molar-refractivity contribution in [1.29, 1.82) is 0 Å². The van der Waals surface area contributed by atoms with Crippen LogP contribution < -0.4 is 0 Å². The van der Waals surface area contributed by atoms with E-state index < -0.39 is 17.9 Å². The van der Waals surface area contributed by atoms with Crippen LogP contribution in [-0.2, 0) is 0 Å². The third kappa shape index (κ3) is 4.28. The molecule has 1 heterocycles. The number of rotatable bonds is 4. The molecule has 3 aliphatic carbocycles. The van der Waals surface area contributed by atoms with Gasteiger partial charge in [-0.15, -0.1) is 0 Å². The number of alkyl halides is 3. The number of aliphatic hydroxyl groups is 2. The Balaban J connectivity index is 1.37. The van der Waals surface area contributed by atoms with E-state index in [0.29, 0.717) is 18.4 Å². The van der Waals surface area contributed by atoms with E-state index in [9.17, 15) is 23.4 Å². The first kappa shape index (κ1) is 23.1. The number of allylic oxidation sites excluding steroid dienone is 3. The highest BCUT2D eigenvalue weighted by atomic mass is 19.4. The number of β-amino-alcohol motifs (C(OH)–C–C–N with tert-alkyl or cyclic N) is 1. The van der Waals surface area contributed by atoms with Crippen molar-refractivity contribution in [3.63, 3.8) is 0 Å². The van der Waals surface area contributed by atoms with Gasteiger partial charge in [-0.25, -0.2) is 0 Å². The molecule has 1 aliphatic heterocycles. The fourth-order valence-corrected chi connectivity index (χ4v) is 6.62. The Bertz CT molecular complexity index is 765. The van der Waals surface area contributed by atoms with Crippen molar-refractivity contribution < 1.29 is 23.4 Å². The number of aliphatic hydroxyl groups excluding tert-OH is 1. The predicted octanol–water partition coefficient (Wildman–Crippen LogP) is 5.16. The standard InChI is InChI=1S/C25H36F3NO2/c1-17-18(5-3-7-22(17)30)8-9-19-6-4-13-23(2)20(10-11-21(19)23)12-14-29-15-24(31,16-29)25(26,27)28/h8-9,20-22,30-31H,1,3-7,10-16H2,2H3/b18-8-,19-9+/t20-,21?,22?,23?/m1/s1. The van der Waals surface area contributed by atoms with Gasteiger partial charge in [-0.3, -0.25) is 4.90 Å². The van der Waals surface area contributed by atoms with Crippen molar-refractivity contribution in [2.24, 2.45) is 17.3 Å². The second-order valence-electron chi connectivity index (χ2n) is 10.6. The van der Waals surface area contributed by atoms with Crippen LogP contribution in [0.25, 0.3) is 0 Å². The molecule has 4 atom stereocenters. The Morgan fingerprint density at radius 1 is 1.13 bits per heavy atom. The van der Waals surface area contributed by atoms with Crippen molar-refractivity contribution in [1.82, 2.24) is 4.90 Å². The van der Waals surface area contributed by atoms with E-state index in [2.05, 4.69) is 25.7 Å². The van der Waals surface area contributed by atoms with Crippen molar-refractivity contribution in [3.8, 4) is 0 Å². The maximum atomic E-state index is 12.9. The summed E-state index contributed by atoms with van der Waals surface area (Å²) in [5.41, 5.74) is 1.21. The highest BCUT2D eigenvalue weighted by molar-refractivity contribution is 5.37. The Hall–Kier alpha value is -1.11. The molecule has 3 nitrogen and oxygen atoms in total. The second-order valence-corrected chi connectivity index (χ2v) is 10.6. The minimum atomic E-state index is -4.54. The fourth-order valence-electron chi connectivity index (χ4n) is 6.62. The zero-order valence-electron chi connectivity index (χ0n) is 18.6. The minimum Gasteiger partial charge on any atom is -0.388 e. The van der Waals surface area contributed by atoms with Crippen molar-refractivity contribution in [2.75, 3.05) is 19.6 Å². The maximum absolute atomic E-state index is 12.9. The molecule has 0 bridgehead atoms. The number of hydrogen-bond acceptors (Lipinski definition) is 3. The zero-order valence-corrected chi connectivity index (χ0v) is 18.6. The summed E-state index contributed by atoms with van der Waals surface area (Å²) in [5.74, 6) is 1.05. The van der Waals surface area contributed by atoms with Gasteiger partial charge in [0, 0.05) is 13.1 Å². The van der Waals surface area contributed by atoms with Gasteiger partial charge in [0.1, 0.15) is 0 Å². The van der Waals surface area contributed by atoms with Crippen LogP contribution in [0.15, 0.2) is 35.5 Å². The molecular weight excluding hydrogens is 403 g/mol. The number of nitrogens with zero attached hydrogens (tertiary/aromatic N) is 1. The Morgan fingerprint density at radius 3 is 2.58 bits per heavy atom. The smallest absolute Gasteiger partial charge is 0.388 e. The van der Waals surface area contributed by atoms with Gasteiger partial charge in [0.05, 0.1) is 6.10 Å². The van der Waals surface area contributed by atoms with Gasteiger partial charge in [-0.2, -0.15) is 13.2 Å². The molecule has 3 saturated carbocycles. The summed E-state index contributed by atoms with van der Waals surface area (Å²) in [7, 11) is 0. The molecule has 4 aliphatic rings. The summed E-state index contributed by atoms with van der Waals surface area (Å²) in [6, 6.07) is 0. The highest BCUT2D eigenvalue weighted by Crippen LogP contribution is 2.58. The lowest BCUT2D eigenvalue weighted by atomic mass is 9.63. The quantitative estimate of drug-likeness (QED) is 0.636. The molecular formula is C25H36F3NO2. The third-order valence-electron chi connectivity index (χ3n) is 8.69. The molecule has 3 unspecified atom stereocenters. The number of halogens is 3. The molecule has 0 spiro atoms. The lowest BCUT2D eigenvalue weighted by Gasteiger charge is -2.48. The molecule has 0 aromatic rings. The molecule has 0 radical (unpaired) electrons. The van der Waals surface area contributed by atoms with E-state index >= 15 is 0 Å². The van der Waals surface area contributed by atoms with E-state index in [4.69, 9.17) is 0 Å². The van der Waals surface area contributed by atoms with Gasteiger partial charge >= 0.3 is 6.18 Å². The van der Waals surface area contributed by atoms with E-state index in [1.54, 1.807) is 4.90 Å². The van der Waals surface area contributed by atoms with Crippen LogP contribution in [0.3, 0.4) is 0 Å². The molecule has 31 heavy (non-hydrogen) atoms. The first-order valence-electron chi connectivity index (χ1n) is 11.8. The first-order chi connectivity index (χ1) is 14.5. The molecule has 0 aromatic carbocycles. The lowest BCUT2D eigenvalue weighted by Crippen LogP contribution is -2.69. The first-order valence-corrected chi connectivity index (χ1v) is 11.8. The van der Waals surface area contributed by atoms with Gasteiger partial charge in [0.25, 0.3) is 0 Å². The normalized spacial score (nSPS) is 39.0. The van der Waals surface area contributed by atoms with Gasteiger partial charge in [0.15, 0.2) is 5.60 Å². The number of hydrogen-bond donors (Lipinski definition) is 2. The molecule has 4 rings (SSSR count). The average Bonchev–Trinajstić information content (AvgIpc) is 3.01. The summed E-state index contributed by atoms with van der Waals surface area (Å²) in [6.07, 6.45) is 8.88. The topological polar surface area (TPSA) is 43.7 Å². The molecule has 0 amide bonds. The van der Waals surface area contributed by atoms with Crippen molar-refractivity contribution >= 4 is 0 Å². The summed E-state index contributed by atoms with van der Waals surface area (Å²) < 4.78 is 38.6. The SMILES string of the molecule is C=C1/C(=C\C=C2/CCCC3(C)C2CC[C@@H]3CCN2CC(O)(C(F)(F)F)C2)CCCC1O. The van der Waals surface area contributed by atoms with E-state index in [1.165, 1.54) is 17.6 Å². The van der Waals surface area contributed by atoms with Crippen LogP contribution in [0, 0.1) is 17.3 Å². The highest BCUT2D eigenvalue weighted by Gasteiger charge is 2.60. The fraction of sp³-hybridized carbons (Fsp3) is 0.760. The van der Waals surface area contributed by atoms with Gasteiger partial charge in [-0.05, 0) is 92.7 Å². The van der Waals surface area contributed by atoms with Crippen LogP contribution in [0.2, 0.25) is 0 Å². The lowest BCUT2D eigenvalue weighted by molar-refractivity contribution is -0.301. The van der Waals surface area contributed by atoms with Gasteiger partial charge < -0.3 is 10.2 Å². The minimum absolute atomic E-state index is 0.205.